The Balaban J connectivity index is 1.65. The number of rotatable bonds is 4. The lowest BCUT2D eigenvalue weighted by Crippen LogP contribution is -2.36. The van der Waals surface area contributed by atoms with Crippen LogP contribution in [0.25, 0.3) is 33.0 Å². The van der Waals surface area contributed by atoms with Gasteiger partial charge in [0.25, 0.3) is 11.8 Å². The minimum absolute atomic E-state index is 0.282. The Morgan fingerprint density at radius 3 is 2.20 bits per heavy atom. The number of aromatic nitrogens is 2. The van der Waals surface area contributed by atoms with Crippen LogP contribution in [0.2, 0.25) is 0 Å². The largest absolute Gasteiger partial charge is 0.393 e. The third-order valence-corrected chi connectivity index (χ3v) is 7.02. The predicted octanol–water partition coefficient (Wildman–Crippen LogP) is 3.06. The van der Waals surface area contributed by atoms with E-state index in [0.29, 0.717) is 40.8 Å². The highest BCUT2D eigenvalue weighted by atomic mass is 16.5. The summed E-state index contributed by atoms with van der Waals surface area (Å²) in [6.45, 7) is 2.18. The van der Waals surface area contributed by atoms with Gasteiger partial charge in [-0.25, -0.2) is 0 Å². The van der Waals surface area contributed by atoms with Gasteiger partial charge in [-0.2, -0.15) is 0 Å². The van der Waals surface area contributed by atoms with E-state index in [1.54, 1.807) is 0 Å². The van der Waals surface area contributed by atoms with Crippen molar-refractivity contribution in [2.75, 3.05) is 6.54 Å². The number of fused-ring (bicyclic) bond motifs is 2. The molecule has 0 saturated carbocycles. The first-order valence-electron chi connectivity index (χ1n) is 11.8. The number of aromatic amines is 2. The summed E-state index contributed by atoms with van der Waals surface area (Å²) in [5, 5.41) is 14.7. The Morgan fingerprint density at radius 1 is 0.914 bits per heavy atom. The Hall–Kier alpha value is -3.72. The van der Waals surface area contributed by atoms with Crippen LogP contribution in [0.15, 0.2) is 48.5 Å². The zero-order valence-corrected chi connectivity index (χ0v) is 19.2. The van der Waals surface area contributed by atoms with Crippen molar-refractivity contribution >= 4 is 44.8 Å². The molecule has 35 heavy (non-hydrogen) atoms. The summed E-state index contributed by atoms with van der Waals surface area (Å²) in [4.78, 5) is 33.4. The van der Waals surface area contributed by atoms with Crippen LogP contribution in [0, 0.1) is 6.92 Å². The fourth-order valence-electron chi connectivity index (χ4n) is 5.53. The molecule has 2 aromatic carbocycles. The first-order chi connectivity index (χ1) is 17.0. The van der Waals surface area contributed by atoms with Crippen molar-refractivity contribution in [3.05, 3.63) is 71.0 Å². The van der Waals surface area contributed by atoms with Gasteiger partial charge >= 0.3 is 0 Å². The van der Waals surface area contributed by atoms with Gasteiger partial charge in [-0.15, -0.1) is 0 Å². The molecule has 6 rings (SSSR count). The van der Waals surface area contributed by atoms with E-state index in [2.05, 4.69) is 15.3 Å². The Morgan fingerprint density at radius 2 is 1.51 bits per heavy atom. The average molecular weight is 471 g/mol. The molecule has 8 heteroatoms. The number of carbonyl (C=O) groups excluding carboxylic acids is 2. The molecule has 4 heterocycles. The number of amides is 2. The van der Waals surface area contributed by atoms with Gasteiger partial charge in [0.2, 0.25) is 0 Å². The molecule has 1 fully saturated rings. The molecule has 0 bridgehead atoms. The van der Waals surface area contributed by atoms with Crippen molar-refractivity contribution in [3.8, 4) is 0 Å². The van der Waals surface area contributed by atoms with Crippen molar-refractivity contribution < 1.29 is 19.4 Å². The number of aliphatic hydroxyl groups is 1. The van der Waals surface area contributed by atoms with Crippen LogP contribution in [0.3, 0.4) is 0 Å². The van der Waals surface area contributed by atoms with E-state index in [4.69, 9.17) is 10.5 Å². The van der Waals surface area contributed by atoms with Crippen LogP contribution < -0.4 is 11.1 Å². The number of ether oxygens (including phenoxy) is 1. The van der Waals surface area contributed by atoms with Crippen molar-refractivity contribution in [1.82, 2.24) is 15.3 Å². The predicted molar refractivity (Wildman–Crippen MR) is 133 cm³/mol. The molecular weight excluding hydrogens is 444 g/mol. The molecule has 8 nitrogen and oxygen atoms in total. The van der Waals surface area contributed by atoms with Gasteiger partial charge in [-0.05, 0) is 19.1 Å². The molecule has 2 aliphatic heterocycles. The molecule has 2 amide bonds. The maximum absolute atomic E-state index is 13.4. The van der Waals surface area contributed by atoms with Crippen molar-refractivity contribution in [2.45, 2.75) is 38.1 Å². The van der Waals surface area contributed by atoms with Crippen LogP contribution in [0.1, 0.15) is 41.5 Å². The number of nitrogens with one attached hydrogen (secondary N) is 3. The zero-order chi connectivity index (χ0) is 24.3. The third-order valence-electron chi connectivity index (χ3n) is 7.02. The molecule has 1 saturated heterocycles. The van der Waals surface area contributed by atoms with Gasteiger partial charge < -0.3 is 25.5 Å². The molecule has 178 valence electrons. The Labute approximate surface area is 201 Å². The Kier molecular flexibility index (Phi) is 5.10. The highest BCUT2D eigenvalue weighted by Crippen LogP contribution is 2.44. The normalized spacial score (nSPS) is 23.0. The maximum Gasteiger partial charge on any atom is 0.259 e. The maximum atomic E-state index is 13.4. The highest BCUT2D eigenvalue weighted by molar-refractivity contribution is 6.51. The number of para-hydroxylation sites is 2. The molecule has 0 spiro atoms. The fraction of sp³-hybridized carbons (Fsp3) is 0.259. The lowest BCUT2D eigenvalue weighted by atomic mass is 9.90. The van der Waals surface area contributed by atoms with Crippen LogP contribution in [-0.4, -0.2) is 45.6 Å². The van der Waals surface area contributed by atoms with E-state index in [0.717, 1.165) is 27.5 Å². The summed E-state index contributed by atoms with van der Waals surface area (Å²) in [5.74, 6) is -0.883. The zero-order valence-electron chi connectivity index (χ0n) is 19.2. The second-order valence-corrected chi connectivity index (χ2v) is 9.27. The van der Waals surface area contributed by atoms with Crippen LogP contribution in [0.5, 0.6) is 0 Å². The number of aryl methyl sites for hydroxylation is 1. The Bertz CT molecular complexity index is 1530. The van der Waals surface area contributed by atoms with E-state index in [1.165, 1.54) is 0 Å². The molecular formula is C27H26N4O4. The quantitative estimate of drug-likeness (QED) is 0.292. The molecule has 0 radical (unpaired) electrons. The van der Waals surface area contributed by atoms with Crippen molar-refractivity contribution in [3.63, 3.8) is 0 Å². The summed E-state index contributed by atoms with van der Waals surface area (Å²) >= 11 is 0. The summed E-state index contributed by atoms with van der Waals surface area (Å²) in [5.41, 5.74) is 11.0. The number of benzene rings is 2. The van der Waals surface area contributed by atoms with Crippen molar-refractivity contribution in [2.24, 2.45) is 5.73 Å². The minimum atomic E-state index is -0.579. The lowest BCUT2D eigenvalue weighted by Gasteiger charge is -2.32. The lowest BCUT2D eigenvalue weighted by molar-refractivity contribution is -0.122. The highest BCUT2D eigenvalue weighted by Gasteiger charge is 2.39. The first-order valence-corrected chi connectivity index (χ1v) is 11.8. The topological polar surface area (TPSA) is 133 Å². The van der Waals surface area contributed by atoms with Crippen LogP contribution in [0.4, 0.5) is 0 Å². The standard InChI is InChI=1S/C27H26N4O4/c1-13-21(16-6-2-4-8-18(16)29-13)23-24(27(34)31-26(23)33)22-17-7-3-5-9-19(17)30-25(22)20-11-14(32)10-15(12-28)35-20/h2-9,14-15,20,29-30,32H,10-12,28H2,1H3,(H,31,33,34)/t14-,15+,20+/m1/s1. The summed E-state index contributed by atoms with van der Waals surface area (Å²) < 4.78 is 6.24. The third kappa shape index (κ3) is 3.41. The van der Waals surface area contributed by atoms with Gasteiger partial charge in [0.15, 0.2) is 0 Å². The fourth-order valence-corrected chi connectivity index (χ4v) is 5.53. The number of nitrogens with two attached hydrogens (primary N) is 1. The summed E-state index contributed by atoms with van der Waals surface area (Å²) in [7, 11) is 0. The summed E-state index contributed by atoms with van der Waals surface area (Å²) in [6, 6.07) is 15.4. The SMILES string of the molecule is Cc1[nH]c2ccccc2c1C1=C(c2c([C@@H]3C[C@H](O)C[C@@H](CN)O3)[nH]c3ccccc23)C(=O)NC1=O. The van der Waals surface area contributed by atoms with E-state index in [9.17, 15) is 14.7 Å². The van der Waals surface area contributed by atoms with Gasteiger partial charge in [-0.1, -0.05) is 36.4 Å². The second kappa shape index (κ2) is 8.20. The molecule has 2 aliphatic rings. The molecule has 0 unspecified atom stereocenters. The van der Waals surface area contributed by atoms with E-state index < -0.39 is 24.0 Å². The number of hydrogen-bond acceptors (Lipinski definition) is 5. The summed E-state index contributed by atoms with van der Waals surface area (Å²) in [6.07, 6.45) is -0.558. The van der Waals surface area contributed by atoms with E-state index in [-0.39, 0.29) is 12.6 Å². The van der Waals surface area contributed by atoms with Gasteiger partial charge in [-0.3, -0.25) is 14.9 Å². The van der Waals surface area contributed by atoms with Crippen LogP contribution >= 0.6 is 0 Å². The smallest absolute Gasteiger partial charge is 0.259 e. The van der Waals surface area contributed by atoms with Crippen molar-refractivity contribution in [1.29, 1.82) is 0 Å². The molecule has 6 N–H and O–H groups in total. The monoisotopic (exact) mass is 470 g/mol. The molecule has 4 aromatic rings. The van der Waals surface area contributed by atoms with Gasteiger partial charge in [0.05, 0.1) is 29.0 Å². The number of carbonyl (C=O) groups is 2. The van der Waals surface area contributed by atoms with Gasteiger partial charge in [0.1, 0.15) is 6.10 Å². The second-order valence-electron chi connectivity index (χ2n) is 9.27. The number of aliphatic hydroxyl groups excluding tert-OH is 1. The van der Waals surface area contributed by atoms with Crippen LogP contribution in [-0.2, 0) is 14.3 Å². The molecule has 2 aromatic heterocycles. The first kappa shape index (κ1) is 21.8. The average Bonchev–Trinajstić information content (AvgIpc) is 3.47. The number of imide groups is 1. The van der Waals surface area contributed by atoms with E-state index >= 15 is 0 Å². The molecule has 3 atom stereocenters. The number of H-pyrrole nitrogens is 2. The molecule has 0 aliphatic carbocycles. The minimum Gasteiger partial charge on any atom is -0.393 e. The van der Waals surface area contributed by atoms with E-state index in [1.807, 2.05) is 55.5 Å². The van der Waals surface area contributed by atoms with Gasteiger partial charge in [0, 0.05) is 58.0 Å². The number of hydrogen-bond donors (Lipinski definition) is 5.